The van der Waals surface area contributed by atoms with Gasteiger partial charge in [-0.1, -0.05) is 19.3 Å². The zero-order valence-electron chi connectivity index (χ0n) is 10.9. The van der Waals surface area contributed by atoms with Crippen molar-refractivity contribution in [3.8, 4) is 0 Å². The minimum absolute atomic E-state index is 0.0689. The average molecular weight is 242 g/mol. The molecule has 1 saturated carbocycles. The van der Waals surface area contributed by atoms with E-state index in [4.69, 9.17) is 0 Å². The molecule has 0 aromatic carbocycles. The lowest BCUT2D eigenvalue weighted by atomic mass is 9.74. The molecule has 0 spiro atoms. The number of hydrogen-bond acceptors (Lipinski definition) is 3. The van der Waals surface area contributed by atoms with Crippen LogP contribution < -0.4 is 10.6 Å². The largest absolute Gasteiger partial charge is 0.396 e. The Bertz CT molecular complexity index is 225. The highest BCUT2D eigenvalue weighted by molar-refractivity contribution is 5.75. The molecule has 0 aromatic heterocycles. The van der Waals surface area contributed by atoms with Crippen LogP contribution in [0.15, 0.2) is 0 Å². The van der Waals surface area contributed by atoms with Crippen LogP contribution >= 0.6 is 0 Å². The smallest absolute Gasteiger partial charge is 0.221 e. The van der Waals surface area contributed by atoms with Gasteiger partial charge in [0.2, 0.25) is 5.91 Å². The standard InChI is InChI=1S/C13H26N2O2/c1-2-15-12(17)6-9-14-10-13(11-16)7-4-3-5-8-13/h14,16H,2-11H2,1H3,(H,15,17). The molecule has 0 aromatic rings. The van der Waals surface area contributed by atoms with Gasteiger partial charge in [0.1, 0.15) is 0 Å². The highest BCUT2D eigenvalue weighted by Crippen LogP contribution is 2.35. The first-order chi connectivity index (χ1) is 8.22. The van der Waals surface area contributed by atoms with E-state index in [0.717, 1.165) is 19.4 Å². The average Bonchev–Trinajstić information content (AvgIpc) is 2.36. The second-order valence-electron chi connectivity index (χ2n) is 5.10. The second kappa shape index (κ2) is 7.67. The number of aliphatic hydroxyl groups excluding tert-OH is 1. The lowest BCUT2D eigenvalue weighted by Gasteiger charge is -2.35. The maximum atomic E-state index is 11.2. The van der Waals surface area contributed by atoms with Crippen LogP contribution in [0.25, 0.3) is 0 Å². The molecule has 0 heterocycles. The highest BCUT2D eigenvalue weighted by Gasteiger charge is 2.30. The molecule has 0 bridgehead atoms. The SMILES string of the molecule is CCNC(=O)CCNCC1(CO)CCCCC1. The summed E-state index contributed by atoms with van der Waals surface area (Å²) in [6, 6.07) is 0. The number of nitrogens with one attached hydrogen (secondary N) is 2. The van der Waals surface area contributed by atoms with Gasteiger partial charge in [0, 0.05) is 38.1 Å². The molecular formula is C13H26N2O2. The quantitative estimate of drug-likeness (QED) is 0.585. The Morgan fingerprint density at radius 1 is 1.29 bits per heavy atom. The molecule has 1 fully saturated rings. The fourth-order valence-electron chi connectivity index (χ4n) is 2.53. The van der Waals surface area contributed by atoms with Crippen molar-refractivity contribution in [3.63, 3.8) is 0 Å². The molecular weight excluding hydrogens is 216 g/mol. The lowest BCUT2D eigenvalue weighted by molar-refractivity contribution is -0.120. The summed E-state index contributed by atoms with van der Waals surface area (Å²) in [5.41, 5.74) is 0.0689. The summed E-state index contributed by atoms with van der Waals surface area (Å²) >= 11 is 0. The molecule has 3 N–H and O–H groups in total. The first-order valence-corrected chi connectivity index (χ1v) is 6.81. The number of carbonyl (C=O) groups is 1. The normalized spacial score (nSPS) is 18.9. The summed E-state index contributed by atoms with van der Waals surface area (Å²) in [4.78, 5) is 11.2. The molecule has 1 aliphatic rings. The van der Waals surface area contributed by atoms with Crippen molar-refractivity contribution in [2.45, 2.75) is 45.4 Å². The summed E-state index contributed by atoms with van der Waals surface area (Å²) in [6.45, 7) is 4.42. The van der Waals surface area contributed by atoms with E-state index in [1.54, 1.807) is 0 Å². The van der Waals surface area contributed by atoms with Crippen molar-refractivity contribution in [1.82, 2.24) is 10.6 Å². The van der Waals surface area contributed by atoms with Crippen molar-refractivity contribution in [1.29, 1.82) is 0 Å². The zero-order valence-corrected chi connectivity index (χ0v) is 10.9. The van der Waals surface area contributed by atoms with Crippen LogP contribution in [0.1, 0.15) is 45.4 Å². The molecule has 1 aliphatic carbocycles. The van der Waals surface area contributed by atoms with Crippen LogP contribution in [0, 0.1) is 5.41 Å². The molecule has 100 valence electrons. The molecule has 1 amide bonds. The maximum absolute atomic E-state index is 11.2. The first-order valence-electron chi connectivity index (χ1n) is 6.81. The first kappa shape index (κ1) is 14.5. The summed E-state index contributed by atoms with van der Waals surface area (Å²) in [6.07, 6.45) is 6.47. The molecule has 0 aliphatic heterocycles. The van der Waals surface area contributed by atoms with Gasteiger partial charge in [0.25, 0.3) is 0 Å². The minimum atomic E-state index is 0.0689. The number of hydrogen-bond donors (Lipinski definition) is 3. The molecule has 17 heavy (non-hydrogen) atoms. The Labute approximate surface area is 104 Å². The summed E-state index contributed by atoms with van der Waals surface area (Å²) < 4.78 is 0. The van der Waals surface area contributed by atoms with Crippen LogP contribution in [0.2, 0.25) is 0 Å². The topological polar surface area (TPSA) is 61.4 Å². The van der Waals surface area contributed by atoms with E-state index < -0.39 is 0 Å². The van der Waals surface area contributed by atoms with Gasteiger partial charge in [-0.15, -0.1) is 0 Å². The van der Waals surface area contributed by atoms with Crippen LogP contribution in [-0.4, -0.2) is 37.3 Å². The Morgan fingerprint density at radius 2 is 2.00 bits per heavy atom. The van der Waals surface area contributed by atoms with Crippen LogP contribution in [-0.2, 0) is 4.79 Å². The van der Waals surface area contributed by atoms with Crippen LogP contribution in [0.5, 0.6) is 0 Å². The molecule has 0 unspecified atom stereocenters. The number of rotatable bonds is 7. The molecule has 0 atom stereocenters. The van der Waals surface area contributed by atoms with Crippen molar-refractivity contribution in [2.75, 3.05) is 26.2 Å². The predicted octanol–water partition coefficient (Wildman–Crippen LogP) is 1.04. The van der Waals surface area contributed by atoms with Crippen LogP contribution in [0.4, 0.5) is 0 Å². The van der Waals surface area contributed by atoms with Gasteiger partial charge in [0.05, 0.1) is 0 Å². The van der Waals surface area contributed by atoms with Gasteiger partial charge in [-0.2, -0.15) is 0 Å². The van der Waals surface area contributed by atoms with E-state index >= 15 is 0 Å². The summed E-state index contributed by atoms with van der Waals surface area (Å²) in [7, 11) is 0. The number of amides is 1. The third-order valence-corrected chi connectivity index (χ3v) is 3.65. The van der Waals surface area contributed by atoms with Crippen molar-refractivity contribution in [2.24, 2.45) is 5.41 Å². The third kappa shape index (κ3) is 5.04. The summed E-state index contributed by atoms with van der Waals surface area (Å²) in [5, 5.41) is 15.6. The van der Waals surface area contributed by atoms with E-state index in [0.29, 0.717) is 19.5 Å². The van der Waals surface area contributed by atoms with Gasteiger partial charge in [-0.25, -0.2) is 0 Å². The van der Waals surface area contributed by atoms with Gasteiger partial charge in [-0.3, -0.25) is 4.79 Å². The highest BCUT2D eigenvalue weighted by atomic mass is 16.3. The molecule has 0 saturated heterocycles. The van der Waals surface area contributed by atoms with E-state index in [1.165, 1.54) is 19.3 Å². The Morgan fingerprint density at radius 3 is 2.59 bits per heavy atom. The number of carbonyl (C=O) groups excluding carboxylic acids is 1. The van der Waals surface area contributed by atoms with Gasteiger partial charge in [0.15, 0.2) is 0 Å². The van der Waals surface area contributed by atoms with E-state index in [-0.39, 0.29) is 17.9 Å². The third-order valence-electron chi connectivity index (χ3n) is 3.65. The Balaban J connectivity index is 2.17. The van der Waals surface area contributed by atoms with E-state index in [9.17, 15) is 9.90 Å². The lowest BCUT2D eigenvalue weighted by Crippen LogP contribution is -2.40. The Hall–Kier alpha value is -0.610. The monoisotopic (exact) mass is 242 g/mol. The number of aliphatic hydroxyl groups is 1. The van der Waals surface area contributed by atoms with Gasteiger partial charge >= 0.3 is 0 Å². The molecule has 0 radical (unpaired) electrons. The molecule has 4 nitrogen and oxygen atoms in total. The van der Waals surface area contributed by atoms with Gasteiger partial charge < -0.3 is 15.7 Å². The van der Waals surface area contributed by atoms with E-state index in [1.807, 2.05) is 6.92 Å². The zero-order chi connectivity index (χ0) is 12.6. The maximum Gasteiger partial charge on any atom is 0.221 e. The second-order valence-corrected chi connectivity index (χ2v) is 5.10. The van der Waals surface area contributed by atoms with Crippen LogP contribution in [0.3, 0.4) is 0 Å². The minimum Gasteiger partial charge on any atom is -0.396 e. The predicted molar refractivity (Wildman–Crippen MR) is 68.8 cm³/mol. The van der Waals surface area contributed by atoms with Gasteiger partial charge in [-0.05, 0) is 19.8 Å². The molecule has 4 heteroatoms. The van der Waals surface area contributed by atoms with Crippen molar-refractivity contribution >= 4 is 5.91 Å². The Kier molecular flexibility index (Phi) is 6.52. The van der Waals surface area contributed by atoms with Crippen molar-refractivity contribution in [3.05, 3.63) is 0 Å². The molecule has 1 rings (SSSR count). The fraction of sp³-hybridized carbons (Fsp3) is 0.923. The summed E-state index contributed by atoms with van der Waals surface area (Å²) in [5.74, 6) is 0.0988. The fourth-order valence-corrected chi connectivity index (χ4v) is 2.53. The van der Waals surface area contributed by atoms with E-state index in [2.05, 4.69) is 10.6 Å². The van der Waals surface area contributed by atoms with Crippen molar-refractivity contribution < 1.29 is 9.90 Å².